The number of benzene rings is 1. The van der Waals surface area contributed by atoms with Crippen LogP contribution in [0.2, 0.25) is 5.02 Å². The second kappa shape index (κ2) is 6.84. The number of anilines is 1. The van der Waals surface area contributed by atoms with Crippen molar-refractivity contribution >= 4 is 34.2 Å². The van der Waals surface area contributed by atoms with E-state index in [0.29, 0.717) is 31.0 Å². The summed E-state index contributed by atoms with van der Waals surface area (Å²) in [6.45, 7) is 2.70. The lowest BCUT2D eigenvalue weighted by Crippen LogP contribution is -2.61. The number of urea groups is 1. The highest BCUT2D eigenvalue weighted by Gasteiger charge is 2.46. The molecule has 144 valence electrons. The lowest BCUT2D eigenvalue weighted by atomic mass is 9.75. The largest absolute Gasteiger partial charge is 0.389 e. The van der Waals surface area contributed by atoms with Crippen LogP contribution in [0.4, 0.5) is 10.5 Å². The summed E-state index contributed by atoms with van der Waals surface area (Å²) >= 11 is 6.11. The summed E-state index contributed by atoms with van der Waals surface area (Å²) < 4.78 is 0. The van der Waals surface area contributed by atoms with E-state index in [1.54, 1.807) is 25.2 Å². The number of hydrogen-bond acceptors (Lipinski definition) is 4. The van der Waals surface area contributed by atoms with Gasteiger partial charge in [-0.25, -0.2) is 4.79 Å². The van der Waals surface area contributed by atoms with Crippen molar-refractivity contribution in [3.05, 3.63) is 35.5 Å². The van der Waals surface area contributed by atoms with Gasteiger partial charge in [0.2, 0.25) is 0 Å². The number of amides is 2. The molecule has 0 saturated carbocycles. The maximum absolute atomic E-state index is 12.4. The monoisotopic (exact) mass is 388 g/mol. The van der Waals surface area contributed by atoms with Gasteiger partial charge in [0.25, 0.3) is 0 Å². The van der Waals surface area contributed by atoms with Gasteiger partial charge >= 0.3 is 6.03 Å². The van der Waals surface area contributed by atoms with E-state index in [1.165, 1.54) is 0 Å². The molecule has 7 heteroatoms. The van der Waals surface area contributed by atoms with E-state index < -0.39 is 5.60 Å². The molecule has 2 saturated heterocycles. The summed E-state index contributed by atoms with van der Waals surface area (Å²) in [5.41, 5.74) is 1.29. The molecule has 0 spiro atoms. The summed E-state index contributed by atoms with van der Waals surface area (Å²) in [6, 6.07) is 7.79. The molecule has 0 aliphatic carbocycles. The first-order chi connectivity index (χ1) is 12.9. The number of aliphatic hydroxyl groups is 1. The molecule has 6 nitrogen and oxygen atoms in total. The van der Waals surface area contributed by atoms with E-state index in [0.717, 1.165) is 29.7 Å². The van der Waals surface area contributed by atoms with Gasteiger partial charge in [-0.15, -0.1) is 0 Å². The van der Waals surface area contributed by atoms with Gasteiger partial charge in [-0.2, -0.15) is 0 Å². The molecule has 2 aliphatic heterocycles. The maximum atomic E-state index is 12.4. The molecular weight excluding hydrogens is 364 g/mol. The summed E-state index contributed by atoms with van der Waals surface area (Å²) in [5, 5.41) is 12.9. The predicted octanol–water partition coefficient (Wildman–Crippen LogP) is 2.83. The van der Waals surface area contributed by atoms with Crippen LogP contribution in [0, 0.1) is 5.92 Å². The first-order valence-corrected chi connectivity index (χ1v) is 9.73. The highest BCUT2D eigenvalue weighted by atomic mass is 35.5. The maximum Gasteiger partial charge on any atom is 0.319 e. The number of pyridine rings is 1. The zero-order valence-corrected chi connectivity index (χ0v) is 16.5. The molecule has 2 aliphatic rings. The van der Waals surface area contributed by atoms with E-state index in [-0.39, 0.29) is 11.9 Å². The van der Waals surface area contributed by atoms with E-state index in [4.69, 9.17) is 11.6 Å². The standard InChI is InChI=1S/C20H25ClN4O2/c1-23(2)19(26)25-10-7-20(27)6-9-24(12-14(20)13-25)18-5-8-22-17-11-15(21)3-4-16(17)18/h3-5,8,11,14,27H,6-7,9-10,12-13H2,1-2H3. The molecule has 2 atom stereocenters. The molecule has 4 rings (SSSR count). The molecule has 1 N–H and O–H groups in total. The van der Waals surface area contributed by atoms with Crippen LogP contribution in [0.25, 0.3) is 10.9 Å². The minimum absolute atomic E-state index is 0.0122. The van der Waals surface area contributed by atoms with Crippen LogP contribution in [0.5, 0.6) is 0 Å². The molecule has 0 radical (unpaired) electrons. The number of likely N-dealkylation sites (tertiary alicyclic amines) is 1. The number of nitrogens with zero attached hydrogens (tertiary/aromatic N) is 4. The fourth-order valence-electron chi connectivity index (χ4n) is 4.36. The number of halogens is 1. The molecule has 1 aromatic carbocycles. The van der Waals surface area contributed by atoms with E-state index in [1.807, 2.05) is 29.2 Å². The third kappa shape index (κ3) is 3.32. The third-order valence-corrected chi connectivity index (χ3v) is 6.18. The molecule has 1 aromatic heterocycles. The van der Waals surface area contributed by atoms with Gasteiger partial charge < -0.3 is 19.8 Å². The Balaban J connectivity index is 1.60. The molecule has 2 fully saturated rings. The minimum atomic E-state index is -0.689. The van der Waals surface area contributed by atoms with Crippen molar-refractivity contribution in [2.75, 3.05) is 45.2 Å². The van der Waals surface area contributed by atoms with Gasteiger partial charge in [0.15, 0.2) is 0 Å². The predicted molar refractivity (Wildman–Crippen MR) is 107 cm³/mol. The first kappa shape index (κ1) is 18.3. The zero-order valence-electron chi connectivity index (χ0n) is 15.7. The summed E-state index contributed by atoms with van der Waals surface area (Å²) in [7, 11) is 3.54. The second-order valence-corrected chi connectivity index (χ2v) is 8.30. The van der Waals surface area contributed by atoms with Crippen molar-refractivity contribution in [3.8, 4) is 0 Å². The average Bonchev–Trinajstić information content (AvgIpc) is 2.65. The normalized spacial score (nSPS) is 25.4. The number of aromatic nitrogens is 1. The van der Waals surface area contributed by atoms with Crippen molar-refractivity contribution in [2.45, 2.75) is 18.4 Å². The van der Waals surface area contributed by atoms with Gasteiger partial charge in [0.1, 0.15) is 0 Å². The van der Waals surface area contributed by atoms with Crippen LogP contribution in [-0.2, 0) is 0 Å². The molecule has 2 unspecified atom stereocenters. The number of carbonyl (C=O) groups excluding carboxylic acids is 1. The van der Waals surface area contributed by atoms with Gasteiger partial charge in [-0.1, -0.05) is 11.6 Å². The summed E-state index contributed by atoms with van der Waals surface area (Å²) in [6.07, 6.45) is 3.15. The van der Waals surface area contributed by atoms with Gasteiger partial charge in [-0.3, -0.25) is 4.98 Å². The van der Waals surface area contributed by atoms with Crippen molar-refractivity contribution in [1.82, 2.24) is 14.8 Å². The lowest BCUT2D eigenvalue weighted by Gasteiger charge is -2.51. The fourth-order valence-corrected chi connectivity index (χ4v) is 4.53. The number of piperidine rings is 2. The summed E-state index contributed by atoms with van der Waals surface area (Å²) in [5.74, 6) is 0.0272. The first-order valence-electron chi connectivity index (χ1n) is 9.35. The van der Waals surface area contributed by atoms with E-state index in [9.17, 15) is 9.90 Å². The van der Waals surface area contributed by atoms with Gasteiger partial charge in [-0.05, 0) is 37.1 Å². The molecule has 2 amide bonds. The Bertz CT molecular complexity index is 874. The number of rotatable bonds is 1. The Morgan fingerprint density at radius 2 is 2.04 bits per heavy atom. The molecule has 0 bridgehead atoms. The fraction of sp³-hybridized carbons (Fsp3) is 0.500. The molecule has 2 aromatic rings. The van der Waals surface area contributed by atoms with Crippen LogP contribution in [0.15, 0.2) is 30.5 Å². The van der Waals surface area contributed by atoms with E-state index in [2.05, 4.69) is 9.88 Å². The number of fused-ring (bicyclic) bond motifs is 2. The van der Waals surface area contributed by atoms with Crippen LogP contribution < -0.4 is 4.90 Å². The van der Waals surface area contributed by atoms with Gasteiger partial charge in [0, 0.05) is 68.5 Å². The van der Waals surface area contributed by atoms with E-state index >= 15 is 0 Å². The van der Waals surface area contributed by atoms with Crippen LogP contribution >= 0.6 is 11.6 Å². The van der Waals surface area contributed by atoms with Crippen molar-refractivity contribution in [1.29, 1.82) is 0 Å². The zero-order chi connectivity index (χ0) is 19.2. The van der Waals surface area contributed by atoms with Crippen molar-refractivity contribution in [3.63, 3.8) is 0 Å². The van der Waals surface area contributed by atoms with Crippen LogP contribution in [0.3, 0.4) is 0 Å². The molecule has 3 heterocycles. The highest BCUT2D eigenvalue weighted by molar-refractivity contribution is 6.31. The SMILES string of the molecule is CN(C)C(=O)N1CCC2(O)CCN(c3ccnc4cc(Cl)ccc34)CC2C1. The Morgan fingerprint density at radius 1 is 1.26 bits per heavy atom. The topological polar surface area (TPSA) is 59.9 Å². The Morgan fingerprint density at radius 3 is 2.81 bits per heavy atom. The lowest BCUT2D eigenvalue weighted by molar-refractivity contribution is -0.0759. The van der Waals surface area contributed by atoms with Crippen LogP contribution in [-0.4, -0.2) is 71.8 Å². The number of hydrogen-bond donors (Lipinski definition) is 1. The Kier molecular flexibility index (Phi) is 4.64. The van der Waals surface area contributed by atoms with Crippen molar-refractivity contribution in [2.24, 2.45) is 5.92 Å². The van der Waals surface area contributed by atoms with Crippen molar-refractivity contribution < 1.29 is 9.90 Å². The average molecular weight is 389 g/mol. The van der Waals surface area contributed by atoms with Crippen LogP contribution in [0.1, 0.15) is 12.8 Å². The summed E-state index contributed by atoms with van der Waals surface area (Å²) in [4.78, 5) is 22.6. The second-order valence-electron chi connectivity index (χ2n) is 7.86. The Hall–Kier alpha value is -2.05. The number of carbonyl (C=O) groups is 1. The smallest absolute Gasteiger partial charge is 0.319 e. The minimum Gasteiger partial charge on any atom is -0.389 e. The third-order valence-electron chi connectivity index (χ3n) is 5.95. The van der Waals surface area contributed by atoms with Gasteiger partial charge in [0.05, 0.1) is 11.1 Å². The quantitative estimate of drug-likeness (QED) is 0.816. The molecule has 27 heavy (non-hydrogen) atoms. The Labute approximate surface area is 164 Å². The highest BCUT2D eigenvalue weighted by Crippen LogP contribution is 2.38. The molecular formula is C20H25ClN4O2.